The molecule has 0 radical (unpaired) electrons. The Morgan fingerprint density at radius 1 is 1.09 bits per heavy atom. The number of aromatic nitrogens is 1. The third-order valence-corrected chi connectivity index (χ3v) is 5.85. The van der Waals surface area contributed by atoms with Crippen molar-refractivity contribution in [2.24, 2.45) is 0 Å². The van der Waals surface area contributed by atoms with Gasteiger partial charge in [0.2, 0.25) is 0 Å². The molecule has 1 heterocycles. The van der Waals surface area contributed by atoms with Crippen LogP contribution in [0.2, 0.25) is 5.02 Å². The largest absolute Gasteiger partial charge is 0.484 e. The summed E-state index contributed by atoms with van der Waals surface area (Å²) in [6.45, 7) is 3.83. The van der Waals surface area contributed by atoms with Crippen molar-refractivity contribution in [3.05, 3.63) is 88.3 Å². The Kier molecular flexibility index (Phi) is 7.45. The van der Waals surface area contributed by atoms with Crippen LogP contribution in [-0.2, 0) is 17.6 Å². The van der Waals surface area contributed by atoms with Crippen LogP contribution in [-0.4, -0.2) is 22.6 Å². The first kappa shape index (κ1) is 23.7. The van der Waals surface area contributed by atoms with Gasteiger partial charge in [0.25, 0.3) is 5.91 Å². The van der Waals surface area contributed by atoms with Crippen LogP contribution in [0.4, 0.5) is 5.69 Å². The van der Waals surface area contributed by atoms with Gasteiger partial charge in [0.1, 0.15) is 11.3 Å². The second-order valence-electron chi connectivity index (χ2n) is 7.84. The summed E-state index contributed by atoms with van der Waals surface area (Å²) in [5.41, 5.74) is 5.59. The van der Waals surface area contributed by atoms with Crippen molar-refractivity contribution >= 4 is 51.6 Å². The van der Waals surface area contributed by atoms with E-state index in [9.17, 15) is 4.79 Å². The van der Waals surface area contributed by atoms with Crippen LogP contribution in [0.15, 0.2) is 65.1 Å². The van der Waals surface area contributed by atoms with E-state index in [0.29, 0.717) is 23.1 Å². The third-order valence-electron chi connectivity index (χ3n) is 5.22. The molecule has 3 aromatic carbocycles. The molecule has 2 N–H and O–H groups in total. The van der Waals surface area contributed by atoms with Gasteiger partial charge < -0.3 is 14.5 Å². The standard InChI is InChI=1S/C26H24ClN3O3S/c1-3-17-6-11-23-22(13-17)29-25(33-23)14-18-4-7-19(8-5-18)28-26(34)30-24(31)15-32-20-9-10-21(27)16(2)12-20/h4-13H,3,14-15H2,1-2H3,(H2,28,30,31,34). The van der Waals surface area contributed by atoms with E-state index in [-0.39, 0.29) is 17.6 Å². The molecule has 4 aromatic rings. The van der Waals surface area contributed by atoms with Crippen molar-refractivity contribution in [2.75, 3.05) is 11.9 Å². The van der Waals surface area contributed by atoms with E-state index in [1.807, 2.05) is 37.3 Å². The molecule has 0 aliphatic carbocycles. The van der Waals surface area contributed by atoms with E-state index >= 15 is 0 Å². The third kappa shape index (κ3) is 6.12. The number of thiocarbonyl (C=S) groups is 1. The van der Waals surface area contributed by atoms with E-state index in [1.165, 1.54) is 5.56 Å². The lowest BCUT2D eigenvalue weighted by molar-refractivity contribution is -0.121. The molecule has 174 valence electrons. The normalized spacial score (nSPS) is 10.8. The van der Waals surface area contributed by atoms with Crippen LogP contribution in [0.5, 0.6) is 5.75 Å². The Labute approximate surface area is 208 Å². The molecule has 0 aliphatic heterocycles. The minimum Gasteiger partial charge on any atom is -0.484 e. The highest BCUT2D eigenvalue weighted by Gasteiger charge is 2.09. The van der Waals surface area contributed by atoms with Crippen LogP contribution in [0.25, 0.3) is 11.1 Å². The Morgan fingerprint density at radius 3 is 2.59 bits per heavy atom. The Balaban J connectivity index is 1.27. The number of hydrogen-bond acceptors (Lipinski definition) is 5. The quantitative estimate of drug-likeness (QED) is 0.315. The number of amides is 1. The summed E-state index contributed by atoms with van der Waals surface area (Å²) in [5.74, 6) is 0.878. The van der Waals surface area contributed by atoms with E-state index in [2.05, 4.69) is 34.7 Å². The van der Waals surface area contributed by atoms with Gasteiger partial charge >= 0.3 is 0 Å². The van der Waals surface area contributed by atoms with Gasteiger partial charge in [-0.1, -0.05) is 36.7 Å². The van der Waals surface area contributed by atoms with Gasteiger partial charge in [-0.05, 0) is 84.7 Å². The molecular formula is C26H24ClN3O3S. The molecular weight excluding hydrogens is 470 g/mol. The molecule has 1 amide bonds. The van der Waals surface area contributed by atoms with Gasteiger partial charge in [-0.25, -0.2) is 4.98 Å². The molecule has 6 nitrogen and oxygen atoms in total. The number of rotatable bonds is 7. The van der Waals surface area contributed by atoms with Crippen molar-refractivity contribution in [3.8, 4) is 5.75 Å². The first-order chi connectivity index (χ1) is 16.4. The molecule has 34 heavy (non-hydrogen) atoms. The van der Waals surface area contributed by atoms with Gasteiger partial charge in [0, 0.05) is 17.1 Å². The highest BCUT2D eigenvalue weighted by molar-refractivity contribution is 7.80. The minimum atomic E-state index is -0.357. The van der Waals surface area contributed by atoms with Gasteiger partial charge in [0.05, 0.1) is 0 Å². The fourth-order valence-electron chi connectivity index (χ4n) is 3.38. The second-order valence-corrected chi connectivity index (χ2v) is 8.65. The van der Waals surface area contributed by atoms with Crippen LogP contribution >= 0.6 is 23.8 Å². The first-order valence-electron chi connectivity index (χ1n) is 10.9. The number of halogens is 1. The summed E-state index contributed by atoms with van der Waals surface area (Å²) >= 11 is 11.2. The van der Waals surface area contributed by atoms with E-state index in [0.717, 1.165) is 34.3 Å². The van der Waals surface area contributed by atoms with Crippen molar-refractivity contribution < 1.29 is 13.9 Å². The summed E-state index contributed by atoms with van der Waals surface area (Å²) < 4.78 is 11.4. The number of fused-ring (bicyclic) bond motifs is 1. The second kappa shape index (κ2) is 10.7. The van der Waals surface area contributed by atoms with Crippen LogP contribution in [0, 0.1) is 6.92 Å². The Hall–Kier alpha value is -3.42. The molecule has 0 bridgehead atoms. The van der Waals surface area contributed by atoms with Crippen molar-refractivity contribution in [2.45, 2.75) is 26.7 Å². The maximum absolute atomic E-state index is 12.1. The molecule has 0 saturated heterocycles. The molecule has 4 rings (SSSR count). The van der Waals surface area contributed by atoms with Gasteiger partial charge in [-0.15, -0.1) is 0 Å². The summed E-state index contributed by atoms with van der Waals surface area (Å²) in [6.07, 6.45) is 1.54. The average molecular weight is 494 g/mol. The van der Waals surface area contributed by atoms with Crippen LogP contribution in [0.1, 0.15) is 29.5 Å². The Morgan fingerprint density at radius 2 is 1.85 bits per heavy atom. The fourth-order valence-corrected chi connectivity index (χ4v) is 3.73. The summed E-state index contributed by atoms with van der Waals surface area (Å²) in [4.78, 5) is 16.7. The maximum Gasteiger partial charge on any atom is 0.264 e. The van der Waals surface area contributed by atoms with E-state index in [4.69, 9.17) is 33.0 Å². The zero-order valence-electron chi connectivity index (χ0n) is 18.9. The zero-order chi connectivity index (χ0) is 24.1. The zero-order valence-corrected chi connectivity index (χ0v) is 20.4. The lowest BCUT2D eigenvalue weighted by atomic mass is 10.1. The lowest BCUT2D eigenvalue weighted by Gasteiger charge is -2.11. The molecule has 0 aliphatic rings. The molecule has 0 spiro atoms. The number of hydrogen-bond donors (Lipinski definition) is 2. The molecule has 0 atom stereocenters. The summed E-state index contributed by atoms with van der Waals surface area (Å²) in [6, 6.07) is 19.0. The number of nitrogens with zero attached hydrogens (tertiary/aromatic N) is 1. The van der Waals surface area contributed by atoms with E-state index in [1.54, 1.807) is 18.2 Å². The highest BCUT2D eigenvalue weighted by Crippen LogP contribution is 2.22. The number of carbonyl (C=O) groups is 1. The molecule has 8 heteroatoms. The lowest BCUT2D eigenvalue weighted by Crippen LogP contribution is -2.37. The number of benzene rings is 3. The average Bonchev–Trinajstić information content (AvgIpc) is 3.22. The number of carbonyl (C=O) groups excluding carboxylic acids is 1. The van der Waals surface area contributed by atoms with Crippen LogP contribution in [0.3, 0.4) is 0 Å². The number of aryl methyl sites for hydroxylation is 2. The molecule has 0 fully saturated rings. The SMILES string of the molecule is CCc1ccc2oc(Cc3ccc(NC(=S)NC(=O)COc4ccc(Cl)c(C)c4)cc3)nc2c1. The van der Waals surface area contributed by atoms with Gasteiger partial charge in [-0.3, -0.25) is 10.1 Å². The number of ether oxygens (including phenoxy) is 1. The number of oxazole rings is 1. The highest BCUT2D eigenvalue weighted by atomic mass is 35.5. The van der Waals surface area contributed by atoms with E-state index < -0.39 is 0 Å². The van der Waals surface area contributed by atoms with Gasteiger partial charge in [0.15, 0.2) is 23.2 Å². The topological polar surface area (TPSA) is 76.4 Å². The Bertz CT molecular complexity index is 1340. The summed E-state index contributed by atoms with van der Waals surface area (Å²) in [5, 5.41) is 6.45. The molecule has 0 saturated carbocycles. The number of nitrogens with one attached hydrogen (secondary N) is 2. The smallest absolute Gasteiger partial charge is 0.264 e. The van der Waals surface area contributed by atoms with Crippen LogP contribution < -0.4 is 15.4 Å². The van der Waals surface area contributed by atoms with Crippen molar-refractivity contribution in [1.29, 1.82) is 0 Å². The summed E-state index contributed by atoms with van der Waals surface area (Å²) in [7, 11) is 0. The predicted molar refractivity (Wildman–Crippen MR) is 139 cm³/mol. The predicted octanol–water partition coefficient (Wildman–Crippen LogP) is 5.83. The first-order valence-corrected chi connectivity index (χ1v) is 11.7. The number of anilines is 1. The fraction of sp³-hybridized carbons (Fsp3) is 0.192. The van der Waals surface area contributed by atoms with Crippen molar-refractivity contribution in [3.63, 3.8) is 0 Å². The molecule has 1 aromatic heterocycles. The maximum atomic E-state index is 12.1. The van der Waals surface area contributed by atoms with Crippen molar-refractivity contribution in [1.82, 2.24) is 10.3 Å². The van der Waals surface area contributed by atoms with Gasteiger partial charge in [-0.2, -0.15) is 0 Å². The monoisotopic (exact) mass is 493 g/mol. The molecule has 0 unspecified atom stereocenters. The minimum absolute atomic E-state index is 0.161.